The van der Waals surface area contributed by atoms with E-state index in [0.29, 0.717) is 18.5 Å². The minimum atomic E-state index is -1.18. The molecule has 0 spiro atoms. The van der Waals surface area contributed by atoms with Crippen molar-refractivity contribution >= 4 is 17.8 Å². The molecule has 0 aromatic heterocycles. The topological polar surface area (TPSA) is 168 Å². The Morgan fingerprint density at radius 3 is 2.36 bits per heavy atom. The van der Waals surface area contributed by atoms with Gasteiger partial charge in [-0.25, -0.2) is 4.79 Å². The van der Waals surface area contributed by atoms with Crippen LogP contribution in [-0.2, 0) is 27.2 Å². The van der Waals surface area contributed by atoms with E-state index in [1.165, 1.54) is 0 Å². The van der Waals surface area contributed by atoms with Gasteiger partial charge in [0.25, 0.3) is 0 Å². The van der Waals surface area contributed by atoms with E-state index in [2.05, 4.69) is 10.6 Å². The molecule has 2 aromatic carbocycles. The zero-order valence-electron chi connectivity index (χ0n) is 18.5. The first-order chi connectivity index (χ1) is 15.7. The van der Waals surface area contributed by atoms with Crippen molar-refractivity contribution in [2.45, 2.75) is 50.7 Å². The van der Waals surface area contributed by atoms with Gasteiger partial charge in [0.2, 0.25) is 11.8 Å². The number of nitrogens with two attached hydrogens (primary N) is 2. The lowest BCUT2D eigenvalue weighted by molar-refractivity contribution is -0.142. The van der Waals surface area contributed by atoms with Crippen molar-refractivity contribution in [3.8, 4) is 16.9 Å². The zero-order chi connectivity index (χ0) is 24.1. The quantitative estimate of drug-likeness (QED) is 0.393. The predicted octanol–water partition coefficient (Wildman–Crippen LogP) is 0.587. The summed E-state index contributed by atoms with van der Waals surface area (Å²) in [5.74, 6) is -2.34. The molecule has 9 nitrogen and oxygen atoms in total. The van der Waals surface area contributed by atoms with Gasteiger partial charge >= 0.3 is 5.97 Å². The highest BCUT2D eigenvalue weighted by Crippen LogP contribution is 2.29. The van der Waals surface area contributed by atoms with Gasteiger partial charge in [-0.15, -0.1) is 0 Å². The molecule has 3 rings (SSSR count). The summed E-state index contributed by atoms with van der Waals surface area (Å²) in [4.78, 5) is 37.6. The van der Waals surface area contributed by atoms with Crippen LogP contribution < -0.4 is 22.1 Å². The molecule has 0 radical (unpaired) electrons. The van der Waals surface area contributed by atoms with Crippen molar-refractivity contribution in [1.29, 1.82) is 0 Å². The third-order valence-corrected chi connectivity index (χ3v) is 5.91. The van der Waals surface area contributed by atoms with Gasteiger partial charge in [0.05, 0.1) is 6.04 Å². The van der Waals surface area contributed by atoms with Crippen LogP contribution in [0.1, 0.15) is 29.5 Å². The number of carbonyl (C=O) groups is 3. The Morgan fingerprint density at radius 1 is 1.03 bits per heavy atom. The lowest BCUT2D eigenvalue weighted by atomic mass is 9.94. The van der Waals surface area contributed by atoms with Crippen molar-refractivity contribution in [3.05, 3.63) is 53.1 Å². The summed E-state index contributed by atoms with van der Waals surface area (Å²) in [5, 5.41) is 25.3. The Kier molecular flexibility index (Phi) is 7.67. The molecular weight excluding hydrogens is 424 g/mol. The van der Waals surface area contributed by atoms with E-state index in [9.17, 15) is 24.6 Å². The summed E-state index contributed by atoms with van der Waals surface area (Å²) in [6.45, 7) is 2.18. The molecule has 1 aliphatic rings. The molecule has 2 amide bonds. The number of hydrogen-bond acceptors (Lipinski definition) is 6. The molecule has 0 saturated heterocycles. The fraction of sp³-hybridized carbons (Fsp3) is 0.375. The lowest BCUT2D eigenvalue weighted by Crippen LogP contribution is -2.55. The fourth-order valence-corrected chi connectivity index (χ4v) is 3.89. The number of nitrogens with one attached hydrogen (secondary N) is 2. The van der Waals surface area contributed by atoms with Crippen LogP contribution in [0.15, 0.2) is 36.4 Å². The predicted molar refractivity (Wildman–Crippen MR) is 123 cm³/mol. The molecule has 0 saturated carbocycles. The van der Waals surface area contributed by atoms with Gasteiger partial charge < -0.3 is 32.3 Å². The summed E-state index contributed by atoms with van der Waals surface area (Å²) in [7, 11) is 0. The first kappa shape index (κ1) is 24.2. The van der Waals surface area contributed by atoms with Crippen molar-refractivity contribution in [2.75, 3.05) is 6.54 Å². The molecule has 0 fully saturated rings. The Labute approximate surface area is 192 Å². The maximum atomic E-state index is 12.9. The Balaban J connectivity index is 2.08. The summed E-state index contributed by atoms with van der Waals surface area (Å²) in [5.41, 5.74) is 15.4. The number of fused-ring (bicyclic) bond motifs is 5. The molecule has 8 N–H and O–H groups in total. The van der Waals surface area contributed by atoms with E-state index in [-0.39, 0.29) is 25.0 Å². The van der Waals surface area contributed by atoms with Crippen LogP contribution in [0.4, 0.5) is 0 Å². The highest BCUT2D eigenvalue weighted by atomic mass is 16.4. The molecule has 9 heteroatoms. The van der Waals surface area contributed by atoms with Crippen molar-refractivity contribution in [1.82, 2.24) is 10.6 Å². The fourth-order valence-electron chi connectivity index (χ4n) is 3.89. The Hall–Kier alpha value is -3.43. The molecule has 1 aliphatic heterocycles. The number of carboxylic acid groups (broad SMARTS) is 1. The third kappa shape index (κ3) is 5.88. The molecule has 4 bridgehead atoms. The SMILES string of the molecule is Cc1ccc2cc1C[C@@H](C(=O)O)NC(=O)[C@H](CCCN)NC(=O)[C@@H](N)Cc1cc-2ccc1O. The molecule has 1 heterocycles. The highest BCUT2D eigenvalue weighted by Gasteiger charge is 2.29. The first-order valence-corrected chi connectivity index (χ1v) is 10.9. The number of phenols is 1. The Morgan fingerprint density at radius 2 is 1.70 bits per heavy atom. The van der Waals surface area contributed by atoms with Crippen molar-refractivity contribution < 1.29 is 24.6 Å². The van der Waals surface area contributed by atoms with Crippen LogP contribution in [0, 0.1) is 6.92 Å². The largest absolute Gasteiger partial charge is 0.508 e. The van der Waals surface area contributed by atoms with Gasteiger partial charge in [-0.1, -0.05) is 24.3 Å². The van der Waals surface area contributed by atoms with Gasteiger partial charge in [0, 0.05) is 12.8 Å². The monoisotopic (exact) mass is 454 g/mol. The first-order valence-electron chi connectivity index (χ1n) is 10.9. The average Bonchev–Trinajstić information content (AvgIpc) is 2.78. The maximum Gasteiger partial charge on any atom is 0.326 e. The zero-order valence-corrected chi connectivity index (χ0v) is 18.5. The van der Waals surface area contributed by atoms with E-state index in [0.717, 1.165) is 22.3 Å². The van der Waals surface area contributed by atoms with Gasteiger partial charge in [-0.3, -0.25) is 9.59 Å². The molecular formula is C24H30N4O5. The van der Waals surface area contributed by atoms with Gasteiger partial charge in [0.1, 0.15) is 17.8 Å². The van der Waals surface area contributed by atoms with E-state index < -0.39 is 35.9 Å². The summed E-state index contributed by atoms with van der Waals surface area (Å²) in [6, 6.07) is 7.53. The molecule has 33 heavy (non-hydrogen) atoms. The van der Waals surface area contributed by atoms with Crippen LogP contribution in [0.2, 0.25) is 0 Å². The number of aromatic hydroxyl groups is 1. The van der Waals surface area contributed by atoms with Crippen LogP contribution in [0.5, 0.6) is 5.75 Å². The molecule has 3 atom stereocenters. The summed E-state index contributed by atoms with van der Waals surface area (Å²) >= 11 is 0. The molecule has 2 aromatic rings. The molecule has 0 unspecified atom stereocenters. The number of aryl methyl sites for hydroxylation is 1. The normalized spacial score (nSPS) is 21.4. The van der Waals surface area contributed by atoms with E-state index >= 15 is 0 Å². The number of carboxylic acids is 1. The molecule has 176 valence electrons. The van der Waals surface area contributed by atoms with E-state index in [1.807, 2.05) is 25.1 Å². The van der Waals surface area contributed by atoms with Crippen molar-refractivity contribution in [3.63, 3.8) is 0 Å². The smallest absolute Gasteiger partial charge is 0.326 e. The number of benzene rings is 2. The van der Waals surface area contributed by atoms with Gasteiger partial charge in [0.15, 0.2) is 0 Å². The highest BCUT2D eigenvalue weighted by molar-refractivity contribution is 5.92. The Bertz CT molecular complexity index is 1060. The third-order valence-electron chi connectivity index (χ3n) is 5.91. The second kappa shape index (κ2) is 10.5. The van der Waals surface area contributed by atoms with Gasteiger partial charge in [-0.05, 0) is 66.3 Å². The summed E-state index contributed by atoms with van der Waals surface area (Å²) < 4.78 is 0. The minimum absolute atomic E-state index is 0.0158. The number of hydrogen-bond donors (Lipinski definition) is 6. The van der Waals surface area contributed by atoms with Crippen LogP contribution >= 0.6 is 0 Å². The number of aliphatic carboxylic acids is 1. The average molecular weight is 455 g/mol. The van der Waals surface area contributed by atoms with E-state index in [1.54, 1.807) is 18.2 Å². The molecule has 0 aliphatic carbocycles. The number of carbonyl (C=O) groups excluding carboxylic acids is 2. The second-order valence-electron chi connectivity index (χ2n) is 8.39. The number of phenolic OH excluding ortho intramolecular Hbond substituents is 1. The van der Waals surface area contributed by atoms with Crippen LogP contribution in [0.25, 0.3) is 11.1 Å². The van der Waals surface area contributed by atoms with Gasteiger partial charge in [-0.2, -0.15) is 0 Å². The maximum absolute atomic E-state index is 12.9. The second-order valence-corrected chi connectivity index (χ2v) is 8.39. The van der Waals surface area contributed by atoms with Crippen molar-refractivity contribution in [2.24, 2.45) is 11.5 Å². The summed E-state index contributed by atoms with van der Waals surface area (Å²) in [6.07, 6.45) is 0.827. The minimum Gasteiger partial charge on any atom is -0.508 e. The lowest BCUT2D eigenvalue weighted by Gasteiger charge is -2.23. The number of amides is 2. The van der Waals surface area contributed by atoms with Crippen LogP contribution in [0.3, 0.4) is 0 Å². The number of rotatable bonds is 4. The standard InChI is InChI=1S/C24H30N4O5/c1-13-4-5-14-9-16(13)12-20(24(32)33)28-23(31)19(3-2-8-25)27-22(30)18(26)11-17-10-15(14)6-7-21(17)29/h4-7,9-10,18-20,29H,2-3,8,11-12,25-26H2,1H3,(H,27,30)(H,28,31)(H,32,33)/t18-,19-,20-/m0/s1. The van der Waals surface area contributed by atoms with E-state index in [4.69, 9.17) is 11.5 Å². The van der Waals surface area contributed by atoms with Crippen LogP contribution in [-0.4, -0.2) is 52.7 Å².